The number of hydrogen-bond acceptors (Lipinski definition) is 3. The van der Waals surface area contributed by atoms with Crippen molar-refractivity contribution in [3.05, 3.63) is 30.0 Å². The second kappa shape index (κ2) is 6.48. The van der Waals surface area contributed by atoms with E-state index < -0.39 is 0 Å². The minimum atomic E-state index is 0.0823. The van der Waals surface area contributed by atoms with Gasteiger partial charge in [-0.05, 0) is 48.9 Å². The molecule has 1 aromatic carbocycles. The van der Waals surface area contributed by atoms with Crippen LogP contribution in [0.3, 0.4) is 0 Å². The van der Waals surface area contributed by atoms with Gasteiger partial charge in [-0.15, -0.1) is 0 Å². The molecule has 0 spiro atoms. The number of methoxy groups -OCH3 is 1. The van der Waals surface area contributed by atoms with Crippen LogP contribution >= 0.6 is 0 Å². The molecule has 2 fully saturated rings. The number of carbonyl (C=O) groups excluding carboxylic acids is 1. The Morgan fingerprint density at radius 1 is 1.29 bits per heavy atom. The Kier molecular flexibility index (Phi) is 4.19. The van der Waals surface area contributed by atoms with Gasteiger partial charge >= 0.3 is 0 Å². The Labute approximate surface area is 141 Å². The van der Waals surface area contributed by atoms with Gasteiger partial charge in [0.2, 0.25) is 5.91 Å². The third-order valence-electron chi connectivity index (χ3n) is 5.45. The molecule has 0 radical (unpaired) electrons. The van der Waals surface area contributed by atoms with Crippen molar-refractivity contribution in [3.8, 4) is 5.75 Å². The van der Waals surface area contributed by atoms with Crippen LogP contribution in [0.2, 0.25) is 0 Å². The highest BCUT2D eigenvalue weighted by molar-refractivity contribution is 5.85. The quantitative estimate of drug-likeness (QED) is 0.942. The number of rotatable bonds is 3. The van der Waals surface area contributed by atoms with Gasteiger partial charge in [0, 0.05) is 36.8 Å². The molecule has 1 N–H and O–H groups in total. The third kappa shape index (κ3) is 2.77. The number of aromatic amines is 1. The van der Waals surface area contributed by atoms with Crippen LogP contribution in [0.5, 0.6) is 5.75 Å². The highest BCUT2D eigenvalue weighted by Crippen LogP contribution is 2.35. The molecular formula is C19H24N2O3. The van der Waals surface area contributed by atoms with Crippen LogP contribution < -0.4 is 4.74 Å². The molecule has 5 heteroatoms. The van der Waals surface area contributed by atoms with Crippen LogP contribution in [-0.2, 0) is 9.53 Å². The van der Waals surface area contributed by atoms with Crippen molar-refractivity contribution < 1.29 is 14.3 Å². The van der Waals surface area contributed by atoms with Crippen LogP contribution in [0.1, 0.15) is 30.7 Å². The van der Waals surface area contributed by atoms with Gasteiger partial charge in [0.05, 0.1) is 19.6 Å². The van der Waals surface area contributed by atoms with Crippen molar-refractivity contribution in [1.29, 1.82) is 0 Å². The molecule has 2 aliphatic heterocycles. The van der Waals surface area contributed by atoms with Crippen molar-refractivity contribution in [2.75, 3.05) is 33.4 Å². The first-order chi connectivity index (χ1) is 11.8. The maximum absolute atomic E-state index is 12.5. The van der Waals surface area contributed by atoms with E-state index in [4.69, 9.17) is 9.47 Å². The monoisotopic (exact) mass is 328 g/mol. The standard InChI is InChI=1S/C19H24N2O3/c1-23-15-2-3-18-16(10-15)17(11-20-18)13-4-7-21(8-5-13)19(22)14-6-9-24-12-14/h2-3,10-11,13-14,20H,4-9,12H2,1H3. The van der Waals surface area contributed by atoms with Gasteiger partial charge in [-0.2, -0.15) is 0 Å². The molecule has 1 unspecified atom stereocenters. The minimum absolute atomic E-state index is 0.0823. The number of ether oxygens (including phenoxy) is 2. The van der Waals surface area contributed by atoms with Crippen molar-refractivity contribution in [1.82, 2.24) is 9.88 Å². The zero-order chi connectivity index (χ0) is 16.5. The minimum Gasteiger partial charge on any atom is -0.497 e. The van der Waals surface area contributed by atoms with Gasteiger partial charge in [0.1, 0.15) is 5.75 Å². The second-order valence-corrected chi connectivity index (χ2v) is 6.82. The number of piperidine rings is 1. The summed E-state index contributed by atoms with van der Waals surface area (Å²) in [6.07, 6.45) is 5.03. The average Bonchev–Trinajstić information content (AvgIpc) is 3.30. The maximum atomic E-state index is 12.5. The number of likely N-dealkylation sites (tertiary alicyclic amines) is 1. The number of carbonyl (C=O) groups is 1. The first kappa shape index (κ1) is 15.5. The number of aromatic nitrogens is 1. The predicted octanol–water partition coefficient (Wildman–Crippen LogP) is 2.92. The molecule has 0 bridgehead atoms. The second-order valence-electron chi connectivity index (χ2n) is 6.82. The molecule has 0 saturated carbocycles. The fraction of sp³-hybridized carbons (Fsp3) is 0.526. The SMILES string of the molecule is COc1ccc2[nH]cc(C3CCN(C(=O)C4CCOC4)CC3)c2c1. The Morgan fingerprint density at radius 3 is 2.83 bits per heavy atom. The Balaban J connectivity index is 1.46. The fourth-order valence-corrected chi connectivity index (χ4v) is 3.98. The van der Waals surface area contributed by atoms with Gasteiger partial charge in [0.25, 0.3) is 0 Å². The lowest BCUT2D eigenvalue weighted by Gasteiger charge is -2.33. The molecule has 2 aromatic rings. The summed E-state index contributed by atoms with van der Waals surface area (Å²) < 4.78 is 10.7. The van der Waals surface area contributed by atoms with Gasteiger partial charge in [-0.3, -0.25) is 4.79 Å². The summed E-state index contributed by atoms with van der Waals surface area (Å²) in [5, 5.41) is 1.24. The van der Waals surface area contributed by atoms with E-state index in [9.17, 15) is 4.79 Å². The number of nitrogens with one attached hydrogen (secondary N) is 1. The molecule has 1 atom stereocenters. The number of benzene rings is 1. The van der Waals surface area contributed by atoms with Crippen molar-refractivity contribution >= 4 is 16.8 Å². The number of nitrogens with zero attached hydrogens (tertiary/aromatic N) is 1. The molecule has 5 nitrogen and oxygen atoms in total. The largest absolute Gasteiger partial charge is 0.497 e. The summed E-state index contributed by atoms with van der Waals surface area (Å²) in [6, 6.07) is 6.15. The van der Waals surface area contributed by atoms with E-state index in [1.165, 1.54) is 10.9 Å². The van der Waals surface area contributed by atoms with E-state index in [1.807, 2.05) is 11.0 Å². The topological polar surface area (TPSA) is 54.6 Å². The van der Waals surface area contributed by atoms with Crippen LogP contribution in [0.4, 0.5) is 0 Å². The molecule has 128 valence electrons. The molecule has 2 saturated heterocycles. The average molecular weight is 328 g/mol. The summed E-state index contributed by atoms with van der Waals surface area (Å²) in [6.45, 7) is 3.01. The lowest BCUT2D eigenvalue weighted by molar-refractivity contribution is -0.136. The smallest absolute Gasteiger partial charge is 0.228 e. The molecule has 0 aliphatic carbocycles. The predicted molar refractivity (Wildman–Crippen MR) is 92.3 cm³/mol. The Morgan fingerprint density at radius 2 is 2.12 bits per heavy atom. The summed E-state index contributed by atoms with van der Waals surface area (Å²) >= 11 is 0. The van der Waals surface area contributed by atoms with Crippen LogP contribution in [0.25, 0.3) is 10.9 Å². The van der Waals surface area contributed by atoms with Gasteiger partial charge in [0.15, 0.2) is 0 Å². The summed E-state index contributed by atoms with van der Waals surface area (Å²) in [5.74, 6) is 1.75. The van der Waals surface area contributed by atoms with E-state index in [0.717, 1.165) is 50.2 Å². The number of H-pyrrole nitrogens is 1. The first-order valence-electron chi connectivity index (χ1n) is 8.78. The van der Waals surface area contributed by atoms with Gasteiger partial charge < -0.3 is 19.4 Å². The lowest BCUT2D eigenvalue weighted by Crippen LogP contribution is -2.41. The zero-order valence-electron chi connectivity index (χ0n) is 14.1. The first-order valence-corrected chi connectivity index (χ1v) is 8.78. The molecule has 1 amide bonds. The summed E-state index contributed by atoms with van der Waals surface area (Å²) in [5.41, 5.74) is 2.49. The summed E-state index contributed by atoms with van der Waals surface area (Å²) in [4.78, 5) is 17.9. The number of amides is 1. The van der Waals surface area contributed by atoms with Crippen molar-refractivity contribution in [3.63, 3.8) is 0 Å². The molecule has 1 aromatic heterocycles. The van der Waals surface area contributed by atoms with E-state index in [-0.39, 0.29) is 11.8 Å². The van der Waals surface area contributed by atoms with Crippen molar-refractivity contribution in [2.24, 2.45) is 5.92 Å². The summed E-state index contributed by atoms with van der Waals surface area (Å²) in [7, 11) is 1.70. The molecular weight excluding hydrogens is 304 g/mol. The normalized spacial score (nSPS) is 22.2. The molecule has 4 rings (SSSR count). The zero-order valence-corrected chi connectivity index (χ0v) is 14.1. The van der Waals surface area contributed by atoms with Crippen LogP contribution in [-0.4, -0.2) is 49.2 Å². The lowest BCUT2D eigenvalue weighted by atomic mass is 9.88. The van der Waals surface area contributed by atoms with Gasteiger partial charge in [-0.25, -0.2) is 0 Å². The van der Waals surface area contributed by atoms with E-state index in [1.54, 1.807) is 7.11 Å². The Bertz CT molecular complexity index is 725. The molecule has 24 heavy (non-hydrogen) atoms. The highest BCUT2D eigenvalue weighted by atomic mass is 16.5. The van der Waals surface area contributed by atoms with Crippen molar-refractivity contribution in [2.45, 2.75) is 25.2 Å². The number of fused-ring (bicyclic) bond motifs is 1. The van der Waals surface area contributed by atoms with E-state index >= 15 is 0 Å². The van der Waals surface area contributed by atoms with Gasteiger partial charge in [-0.1, -0.05) is 0 Å². The van der Waals surface area contributed by atoms with Crippen LogP contribution in [0.15, 0.2) is 24.4 Å². The Hall–Kier alpha value is -2.01. The van der Waals surface area contributed by atoms with E-state index in [0.29, 0.717) is 12.5 Å². The molecule has 3 heterocycles. The highest BCUT2D eigenvalue weighted by Gasteiger charge is 2.31. The van der Waals surface area contributed by atoms with E-state index in [2.05, 4.69) is 23.3 Å². The third-order valence-corrected chi connectivity index (χ3v) is 5.45. The van der Waals surface area contributed by atoms with Crippen LogP contribution in [0, 0.1) is 5.92 Å². The fourth-order valence-electron chi connectivity index (χ4n) is 3.98. The maximum Gasteiger partial charge on any atom is 0.228 e. The number of hydrogen-bond donors (Lipinski definition) is 1. The molecule has 2 aliphatic rings.